The SMILES string of the molecule is CCC(CC)CN(CC)c1c(N)cc(N)c(Cl)c1F. The van der Waals surface area contributed by atoms with Crippen LogP contribution in [0.2, 0.25) is 5.02 Å². The van der Waals surface area contributed by atoms with Gasteiger partial charge in [0.05, 0.1) is 17.1 Å². The molecule has 0 heterocycles. The van der Waals surface area contributed by atoms with E-state index in [1.165, 1.54) is 6.07 Å². The molecule has 1 aromatic carbocycles. The van der Waals surface area contributed by atoms with Gasteiger partial charge < -0.3 is 16.4 Å². The van der Waals surface area contributed by atoms with Gasteiger partial charge in [-0.2, -0.15) is 0 Å². The minimum absolute atomic E-state index is 0.0489. The van der Waals surface area contributed by atoms with Crippen LogP contribution in [0.3, 0.4) is 0 Å². The fourth-order valence-electron chi connectivity index (χ4n) is 2.22. The summed E-state index contributed by atoms with van der Waals surface area (Å²) in [4.78, 5) is 1.94. The quantitative estimate of drug-likeness (QED) is 0.780. The molecule has 3 nitrogen and oxygen atoms in total. The number of nitrogens with two attached hydrogens (primary N) is 2. The van der Waals surface area contributed by atoms with Crippen molar-refractivity contribution in [1.82, 2.24) is 0 Å². The third-order valence-corrected chi connectivity index (χ3v) is 3.95. The summed E-state index contributed by atoms with van der Waals surface area (Å²) in [5.74, 6) is -0.0120. The van der Waals surface area contributed by atoms with Gasteiger partial charge in [-0.05, 0) is 18.9 Å². The molecule has 0 aromatic heterocycles. The highest BCUT2D eigenvalue weighted by Crippen LogP contribution is 2.36. The van der Waals surface area contributed by atoms with Crippen LogP contribution in [-0.4, -0.2) is 13.1 Å². The van der Waals surface area contributed by atoms with E-state index < -0.39 is 5.82 Å². The molecule has 0 radical (unpaired) electrons. The Hall–Kier alpha value is -1.16. The molecule has 0 unspecified atom stereocenters. The zero-order chi connectivity index (χ0) is 14.6. The van der Waals surface area contributed by atoms with Crippen LogP contribution in [0.1, 0.15) is 33.6 Å². The van der Waals surface area contributed by atoms with E-state index in [4.69, 9.17) is 23.1 Å². The molecule has 0 aliphatic heterocycles. The number of nitrogen functional groups attached to an aromatic ring is 2. The van der Waals surface area contributed by atoms with Gasteiger partial charge >= 0.3 is 0 Å². The van der Waals surface area contributed by atoms with Gasteiger partial charge in [-0.25, -0.2) is 4.39 Å². The maximum atomic E-state index is 14.3. The Morgan fingerprint density at radius 1 is 1.21 bits per heavy atom. The summed E-state index contributed by atoms with van der Waals surface area (Å²) in [6.45, 7) is 7.70. The molecule has 5 heteroatoms. The molecule has 1 aromatic rings. The summed E-state index contributed by atoms with van der Waals surface area (Å²) in [5, 5.41) is -0.0489. The third kappa shape index (κ3) is 3.44. The summed E-state index contributed by atoms with van der Waals surface area (Å²) < 4.78 is 14.3. The lowest BCUT2D eigenvalue weighted by molar-refractivity contribution is 0.482. The molecule has 0 amide bonds. The van der Waals surface area contributed by atoms with Crippen molar-refractivity contribution in [3.8, 4) is 0 Å². The Kier molecular flexibility index (Phi) is 5.73. The van der Waals surface area contributed by atoms with Crippen LogP contribution in [0.25, 0.3) is 0 Å². The van der Waals surface area contributed by atoms with Crippen molar-refractivity contribution < 1.29 is 4.39 Å². The first-order valence-corrected chi connectivity index (χ1v) is 7.11. The highest BCUT2D eigenvalue weighted by Gasteiger charge is 2.20. The van der Waals surface area contributed by atoms with Gasteiger partial charge in [0, 0.05) is 13.1 Å². The molecular formula is C14H23ClFN3. The van der Waals surface area contributed by atoms with Crippen molar-refractivity contribution >= 4 is 28.7 Å². The van der Waals surface area contributed by atoms with Gasteiger partial charge in [-0.3, -0.25) is 0 Å². The average molecular weight is 288 g/mol. The molecule has 0 saturated carbocycles. The van der Waals surface area contributed by atoms with Crippen molar-refractivity contribution in [1.29, 1.82) is 0 Å². The van der Waals surface area contributed by atoms with Gasteiger partial charge in [-0.15, -0.1) is 0 Å². The number of benzene rings is 1. The van der Waals surface area contributed by atoms with Crippen molar-refractivity contribution in [3.63, 3.8) is 0 Å². The predicted molar refractivity (Wildman–Crippen MR) is 82.2 cm³/mol. The molecule has 0 bridgehead atoms. The normalized spacial score (nSPS) is 11.1. The lowest BCUT2D eigenvalue weighted by Crippen LogP contribution is -2.30. The third-order valence-electron chi connectivity index (χ3n) is 3.57. The molecule has 1 rings (SSSR count). The molecule has 0 aliphatic rings. The maximum absolute atomic E-state index is 14.3. The second-order valence-corrected chi connectivity index (χ2v) is 5.13. The zero-order valence-electron chi connectivity index (χ0n) is 11.8. The van der Waals surface area contributed by atoms with Crippen LogP contribution in [0.5, 0.6) is 0 Å². The van der Waals surface area contributed by atoms with E-state index in [1.807, 2.05) is 11.8 Å². The molecule has 108 valence electrons. The molecule has 19 heavy (non-hydrogen) atoms. The number of hydrogen-bond acceptors (Lipinski definition) is 3. The molecule has 0 atom stereocenters. The molecule has 0 aliphatic carbocycles. The van der Waals surface area contributed by atoms with E-state index in [0.717, 1.165) is 19.4 Å². The highest BCUT2D eigenvalue weighted by molar-refractivity contribution is 6.33. The molecule has 0 saturated heterocycles. The first-order chi connectivity index (χ1) is 8.96. The van der Waals surface area contributed by atoms with Crippen LogP contribution >= 0.6 is 11.6 Å². The van der Waals surface area contributed by atoms with Crippen LogP contribution in [-0.2, 0) is 0 Å². The second kappa shape index (κ2) is 6.85. The fraction of sp³-hybridized carbons (Fsp3) is 0.571. The second-order valence-electron chi connectivity index (χ2n) is 4.75. The number of anilines is 3. The van der Waals surface area contributed by atoms with E-state index in [0.29, 0.717) is 23.8 Å². The van der Waals surface area contributed by atoms with Gasteiger partial charge in [-0.1, -0.05) is 38.3 Å². The van der Waals surface area contributed by atoms with E-state index >= 15 is 0 Å². The Morgan fingerprint density at radius 3 is 2.26 bits per heavy atom. The number of nitrogens with zero attached hydrogens (tertiary/aromatic N) is 1. The monoisotopic (exact) mass is 287 g/mol. The molecule has 0 spiro atoms. The summed E-state index contributed by atoms with van der Waals surface area (Å²) >= 11 is 5.88. The van der Waals surface area contributed by atoms with Crippen molar-refractivity contribution in [3.05, 3.63) is 16.9 Å². The minimum atomic E-state index is -0.521. The standard InChI is InChI=1S/C14H23ClFN3/c1-4-9(5-2)8-19(6-3)14-11(18)7-10(17)12(15)13(14)16/h7,9H,4-6,8,17-18H2,1-3H3. The maximum Gasteiger partial charge on any atom is 0.169 e. The van der Waals surface area contributed by atoms with Crippen molar-refractivity contribution in [2.75, 3.05) is 29.5 Å². The number of hydrogen-bond donors (Lipinski definition) is 2. The lowest BCUT2D eigenvalue weighted by Gasteiger charge is -2.29. The zero-order valence-corrected chi connectivity index (χ0v) is 12.6. The average Bonchev–Trinajstić information content (AvgIpc) is 2.40. The van der Waals surface area contributed by atoms with Crippen LogP contribution in [0, 0.1) is 11.7 Å². The Morgan fingerprint density at radius 2 is 1.79 bits per heavy atom. The summed E-state index contributed by atoms with van der Waals surface area (Å²) in [6, 6.07) is 1.52. The van der Waals surface area contributed by atoms with Gasteiger partial charge in [0.2, 0.25) is 0 Å². The van der Waals surface area contributed by atoms with Crippen LogP contribution in [0.15, 0.2) is 6.07 Å². The Balaban J connectivity index is 3.15. The minimum Gasteiger partial charge on any atom is -0.397 e. The van der Waals surface area contributed by atoms with E-state index in [1.54, 1.807) is 0 Å². The highest BCUT2D eigenvalue weighted by atomic mass is 35.5. The van der Waals surface area contributed by atoms with Gasteiger partial charge in [0.15, 0.2) is 5.82 Å². The number of rotatable bonds is 6. The summed E-state index contributed by atoms with van der Waals surface area (Å²) in [6.07, 6.45) is 2.11. The number of halogens is 2. The predicted octanol–water partition coefficient (Wildman–Crippen LogP) is 3.91. The lowest BCUT2D eigenvalue weighted by atomic mass is 10.0. The Bertz CT molecular complexity index is 433. The molecule has 0 fully saturated rings. The van der Waals surface area contributed by atoms with E-state index in [2.05, 4.69) is 13.8 Å². The fourth-order valence-corrected chi connectivity index (χ4v) is 2.36. The van der Waals surface area contributed by atoms with Gasteiger partial charge in [0.25, 0.3) is 0 Å². The summed E-state index contributed by atoms with van der Waals surface area (Å²) in [5.41, 5.74) is 12.4. The van der Waals surface area contributed by atoms with Crippen molar-refractivity contribution in [2.45, 2.75) is 33.6 Å². The van der Waals surface area contributed by atoms with E-state index in [9.17, 15) is 4.39 Å². The van der Waals surface area contributed by atoms with Crippen LogP contribution < -0.4 is 16.4 Å². The van der Waals surface area contributed by atoms with Crippen LogP contribution in [0.4, 0.5) is 21.5 Å². The Labute approximate surface area is 119 Å². The van der Waals surface area contributed by atoms with Gasteiger partial charge in [0.1, 0.15) is 5.02 Å². The first-order valence-electron chi connectivity index (χ1n) is 6.73. The van der Waals surface area contributed by atoms with E-state index in [-0.39, 0.29) is 10.7 Å². The largest absolute Gasteiger partial charge is 0.397 e. The summed E-state index contributed by atoms with van der Waals surface area (Å²) in [7, 11) is 0. The topological polar surface area (TPSA) is 55.3 Å². The molecular weight excluding hydrogens is 265 g/mol. The smallest absolute Gasteiger partial charge is 0.169 e. The molecule has 4 N–H and O–H groups in total. The first kappa shape index (κ1) is 15.9. The van der Waals surface area contributed by atoms with Crippen molar-refractivity contribution in [2.24, 2.45) is 5.92 Å².